The third kappa shape index (κ3) is 2.82. The first kappa shape index (κ1) is 11.6. The first-order valence-corrected chi connectivity index (χ1v) is 5.48. The molecule has 0 radical (unpaired) electrons. The predicted octanol–water partition coefficient (Wildman–Crippen LogP) is 0.740. The van der Waals surface area contributed by atoms with Gasteiger partial charge in [0.1, 0.15) is 12.0 Å². The molecule has 3 N–H and O–H groups in total. The Morgan fingerprint density at radius 1 is 1.29 bits per heavy atom. The quantitative estimate of drug-likeness (QED) is 0.719. The summed E-state index contributed by atoms with van der Waals surface area (Å²) in [6, 6.07) is 0. The maximum Gasteiger partial charge on any atom is 0.229 e. The molecule has 0 amide bonds. The Labute approximate surface area is 98.3 Å². The highest BCUT2D eigenvalue weighted by atomic mass is 16.5. The summed E-state index contributed by atoms with van der Waals surface area (Å²) in [7, 11) is 0. The van der Waals surface area contributed by atoms with Crippen molar-refractivity contribution in [2.45, 2.75) is 13.3 Å². The van der Waals surface area contributed by atoms with Crippen molar-refractivity contribution in [2.75, 3.05) is 25.6 Å². The van der Waals surface area contributed by atoms with Gasteiger partial charge < -0.3 is 15.2 Å². The first-order valence-electron chi connectivity index (χ1n) is 5.48. The molecule has 92 valence electrons. The van der Waals surface area contributed by atoms with E-state index in [0.717, 1.165) is 18.4 Å². The van der Waals surface area contributed by atoms with Crippen LogP contribution >= 0.6 is 0 Å². The molecule has 2 aromatic rings. The number of fused-ring (bicyclic) bond motifs is 1. The van der Waals surface area contributed by atoms with E-state index in [2.05, 4.69) is 27.1 Å². The average Bonchev–Trinajstić information content (AvgIpc) is 2.76. The molecule has 0 aliphatic rings. The van der Waals surface area contributed by atoms with Crippen LogP contribution in [-0.2, 0) is 4.74 Å². The van der Waals surface area contributed by atoms with E-state index in [-0.39, 0.29) is 5.95 Å². The second-order valence-electron chi connectivity index (χ2n) is 3.48. The number of anilines is 1. The number of nitrogens with one attached hydrogen (secondary N) is 1. The Morgan fingerprint density at radius 2 is 2.18 bits per heavy atom. The summed E-state index contributed by atoms with van der Waals surface area (Å²) in [4.78, 5) is 8.01. The normalized spacial score (nSPS) is 10.9. The SMILES string of the molecule is CCCOCCOc1nc(N)nc2[nH]ncc12. The fourth-order valence-corrected chi connectivity index (χ4v) is 1.38. The van der Waals surface area contributed by atoms with E-state index in [9.17, 15) is 0 Å². The molecule has 0 fully saturated rings. The van der Waals surface area contributed by atoms with Crippen LogP contribution in [-0.4, -0.2) is 40.0 Å². The Morgan fingerprint density at radius 3 is 3.00 bits per heavy atom. The number of ether oxygens (including phenoxy) is 2. The summed E-state index contributed by atoms with van der Waals surface area (Å²) in [6.07, 6.45) is 2.60. The summed E-state index contributed by atoms with van der Waals surface area (Å²) < 4.78 is 10.8. The number of nitrogen functional groups attached to an aromatic ring is 1. The Hall–Kier alpha value is -1.89. The number of H-pyrrole nitrogens is 1. The third-order valence-corrected chi connectivity index (χ3v) is 2.11. The van der Waals surface area contributed by atoms with Gasteiger partial charge in [0.25, 0.3) is 0 Å². The highest BCUT2D eigenvalue weighted by Gasteiger charge is 2.08. The molecule has 2 heterocycles. The van der Waals surface area contributed by atoms with E-state index in [4.69, 9.17) is 15.2 Å². The maximum absolute atomic E-state index is 5.55. The van der Waals surface area contributed by atoms with Crippen LogP contribution in [0, 0.1) is 0 Å². The molecule has 0 spiro atoms. The maximum atomic E-state index is 5.55. The van der Waals surface area contributed by atoms with Gasteiger partial charge in [-0.15, -0.1) is 0 Å². The molecule has 17 heavy (non-hydrogen) atoms. The monoisotopic (exact) mass is 237 g/mol. The van der Waals surface area contributed by atoms with Gasteiger partial charge in [0.2, 0.25) is 11.8 Å². The summed E-state index contributed by atoms with van der Waals surface area (Å²) in [6.45, 7) is 3.74. The second-order valence-corrected chi connectivity index (χ2v) is 3.48. The van der Waals surface area contributed by atoms with Crippen LogP contribution in [0.3, 0.4) is 0 Å². The minimum Gasteiger partial charge on any atom is -0.475 e. The lowest BCUT2D eigenvalue weighted by atomic mass is 10.4. The zero-order valence-corrected chi connectivity index (χ0v) is 9.64. The van der Waals surface area contributed by atoms with Gasteiger partial charge in [-0.3, -0.25) is 5.10 Å². The second kappa shape index (κ2) is 5.44. The van der Waals surface area contributed by atoms with Gasteiger partial charge in [0, 0.05) is 6.61 Å². The highest BCUT2D eigenvalue weighted by molar-refractivity contribution is 5.80. The van der Waals surface area contributed by atoms with Crippen molar-refractivity contribution in [3.05, 3.63) is 6.20 Å². The molecule has 0 aliphatic heterocycles. The van der Waals surface area contributed by atoms with Gasteiger partial charge in [-0.25, -0.2) is 0 Å². The molecule has 0 aromatic carbocycles. The lowest BCUT2D eigenvalue weighted by Gasteiger charge is -2.06. The molecule has 7 heteroatoms. The number of hydrogen-bond acceptors (Lipinski definition) is 6. The number of rotatable bonds is 6. The lowest BCUT2D eigenvalue weighted by molar-refractivity contribution is 0.0996. The smallest absolute Gasteiger partial charge is 0.229 e. The highest BCUT2D eigenvalue weighted by Crippen LogP contribution is 2.20. The van der Waals surface area contributed by atoms with Crippen LogP contribution in [0.25, 0.3) is 11.0 Å². The van der Waals surface area contributed by atoms with Gasteiger partial charge in [-0.05, 0) is 6.42 Å². The van der Waals surface area contributed by atoms with Crippen LogP contribution in [0.4, 0.5) is 5.95 Å². The average molecular weight is 237 g/mol. The standard InChI is InChI=1S/C10H15N5O2/c1-2-3-16-4-5-17-9-7-6-12-15-8(7)13-10(11)14-9/h6H,2-5H2,1H3,(H3,11,12,13,14,15). The summed E-state index contributed by atoms with van der Waals surface area (Å²) in [5.74, 6) is 0.590. The van der Waals surface area contributed by atoms with Crippen molar-refractivity contribution in [2.24, 2.45) is 0 Å². The molecular formula is C10H15N5O2. The largest absolute Gasteiger partial charge is 0.475 e. The number of aromatic amines is 1. The molecule has 0 aliphatic carbocycles. The molecule has 0 saturated heterocycles. The van der Waals surface area contributed by atoms with Crippen LogP contribution in [0.1, 0.15) is 13.3 Å². The van der Waals surface area contributed by atoms with Crippen LogP contribution in [0.15, 0.2) is 6.20 Å². The lowest BCUT2D eigenvalue weighted by Crippen LogP contribution is -2.09. The number of nitrogens with zero attached hydrogens (tertiary/aromatic N) is 3. The van der Waals surface area contributed by atoms with Crippen LogP contribution in [0.5, 0.6) is 5.88 Å². The Bertz CT molecular complexity index is 485. The molecule has 2 rings (SSSR count). The zero-order valence-electron chi connectivity index (χ0n) is 9.64. The number of hydrogen-bond donors (Lipinski definition) is 2. The van der Waals surface area contributed by atoms with E-state index in [1.165, 1.54) is 0 Å². The summed E-state index contributed by atoms with van der Waals surface area (Å²) in [5.41, 5.74) is 6.13. The minimum absolute atomic E-state index is 0.159. The van der Waals surface area contributed by atoms with E-state index in [1.807, 2.05) is 0 Å². The Kier molecular flexibility index (Phi) is 3.71. The fourth-order valence-electron chi connectivity index (χ4n) is 1.38. The van der Waals surface area contributed by atoms with Gasteiger partial charge >= 0.3 is 0 Å². The molecule has 0 bridgehead atoms. The van der Waals surface area contributed by atoms with E-state index in [1.54, 1.807) is 6.20 Å². The predicted molar refractivity (Wildman–Crippen MR) is 62.7 cm³/mol. The van der Waals surface area contributed by atoms with E-state index >= 15 is 0 Å². The zero-order chi connectivity index (χ0) is 12.1. The molecule has 0 unspecified atom stereocenters. The molecule has 7 nitrogen and oxygen atoms in total. The molecular weight excluding hydrogens is 222 g/mol. The Balaban J connectivity index is 2.00. The number of aromatic nitrogens is 4. The van der Waals surface area contributed by atoms with Crippen molar-refractivity contribution in [1.29, 1.82) is 0 Å². The van der Waals surface area contributed by atoms with Gasteiger partial charge in [-0.2, -0.15) is 15.1 Å². The first-order chi connectivity index (χ1) is 8.31. The van der Waals surface area contributed by atoms with E-state index < -0.39 is 0 Å². The van der Waals surface area contributed by atoms with Gasteiger partial charge in [0.15, 0.2) is 5.65 Å². The molecule has 0 atom stereocenters. The van der Waals surface area contributed by atoms with Crippen LogP contribution < -0.4 is 10.5 Å². The molecule has 0 saturated carbocycles. The van der Waals surface area contributed by atoms with Crippen molar-refractivity contribution >= 4 is 17.0 Å². The van der Waals surface area contributed by atoms with Crippen molar-refractivity contribution in [3.63, 3.8) is 0 Å². The van der Waals surface area contributed by atoms with Crippen LogP contribution in [0.2, 0.25) is 0 Å². The van der Waals surface area contributed by atoms with Crippen molar-refractivity contribution in [1.82, 2.24) is 20.2 Å². The van der Waals surface area contributed by atoms with E-state index in [0.29, 0.717) is 24.7 Å². The van der Waals surface area contributed by atoms with Gasteiger partial charge in [0.05, 0.1) is 12.8 Å². The molecule has 2 aromatic heterocycles. The van der Waals surface area contributed by atoms with Gasteiger partial charge in [-0.1, -0.05) is 6.92 Å². The fraction of sp³-hybridized carbons (Fsp3) is 0.500. The third-order valence-electron chi connectivity index (χ3n) is 2.11. The summed E-state index contributed by atoms with van der Waals surface area (Å²) >= 11 is 0. The topological polar surface area (TPSA) is 98.9 Å². The number of nitrogens with two attached hydrogens (primary N) is 1. The van der Waals surface area contributed by atoms with Crippen molar-refractivity contribution < 1.29 is 9.47 Å². The van der Waals surface area contributed by atoms with Crippen molar-refractivity contribution in [3.8, 4) is 5.88 Å². The minimum atomic E-state index is 0.159. The summed E-state index contributed by atoms with van der Waals surface area (Å²) in [5, 5.41) is 7.30.